The number of rotatable bonds is 1. The van der Waals surface area contributed by atoms with E-state index in [-0.39, 0.29) is 11.6 Å². The molecule has 160 valence electrons. The molecular formula is C30H15BrO2S. The predicted molar refractivity (Wildman–Crippen MR) is 145 cm³/mol. The highest BCUT2D eigenvalue weighted by atomic mass is 79.9. The third kappa shape index (κ3) is 2.73. The number of hydrogen-bond acceptors (Lipinski definition) is 3. The van der Waals surface area contributed by atoms with E-state index in [1.54, 1.807) is 17.4 Å². The molecule has 0 saturated carbocycles. The van der Waals surface area contributed by atoms with Crippen molar-refractivity contribution in [3.05, 3.63) is 112 Å². The van der Waals surface area contributed by atoms with E-state index < -0.39 is 0 Å². The number of hydrogen-bond donors (Lipinski definition) is 0. The van der Waals surface area contributed by atoms with Crippen LogP contribution in [-0.2, 0) is 0 Å². The molecule has 1 heterocycles. The van der Waals surface area contributed by atoms with Gasteiger partial charge in [0.1, 0.15) is 0 Å². The molecule has 0 fully saturated rings. The number of thiophene rings is 1. The normalized spacial score (nSPS) is 13.7. The van der Waals surface area contributed by atoms with E-state index in [1.165, 1.54) is 10.8 Å². The molecule has 0 spiro atoms. The Morgan fingerprint density at radius 1 is 0.676 bits per heavy atom. The van der Waals surface area contributed by atoms with Crippen LogP contribution in [0.4, 0.5) is 0 Å². The zero-order valence-electron chi connectivity index (χ0n) is 17.8. The second-order valence-electron chi connectivity index (χ2n) is 8.55. The van der Waals surface area contributed by atoms with Crippen molar-refractivity contribution in [1.82, 2.24) is 0 Å². The summed E-state index contributed by atoms with van der Waals surface area (Å²) in [7, 11) is 0. The van der Waals surface area contributed by atoms with Gasteiger partial charge in [-0.1, -0.05) is 70.5 Å². The maximum atomic E-state index is 14.0. The fourth-order valence-corrected chi connectivity index (χ4v) is 6.64. The van der Waals surface area contributed by atoms with E-state index in [4.69, 9.17) is 0 Å². The number of halogens is 1. The first-order valence-electron chi connectivity index (χ1n) is 11.0. The molecule has 1 aliphatic rings. The highest BCUT2D eigenvalue weighted by Gasteiger charge is 2.29. The van der Waals surface area contributed by atoms with Gasteiger partial charge >= 0.3 is 0 Å². The van der Waals surface area contributed by atoms with Gasteiger partial charge in [-0.25, -0.2) is 0 Å². The number of carbonyl (C=O) groups is 2. The first kappa shape index (κ1) is 19.8. The van der Waals surface area contributed by atoms with Crippen LogP contribution in [0.3, 0.4) is 0 Å². The summed E-state index contributed by atoms with van der Waals surface area (Å²) in [5, 5.41) is 6.30. The summed E-state index contributed by atoms with van der Waals surface area (Å²) in [5.74, 6) is -0.223. The highest BCUT2D eigenvalue weighted by molar-refractivity contribution is 9.10. The first-order chi connectivity index (χ1) is 16.6. The van der Waals surface area contributed by atoms with Crippen molar-refractivity contribution in [2.45, 2.75) is 0 Å². The average molecular weight is 519 g/mol. The zero-order chi connectivity index (χ0) is 23.0. The Kier molecular flexibility index (Phi) is 4.20. The monoisotopic (exact) mass is 518 g/mol. The van der Waals surface area contributed by atoms with E-state index in [1.807, 2.05) is 42.5 Å². The molecule has 4 heteroatoms. The molecular weight excluding hydrogens is 504 g/mol. The molecule has 0 aliphatic heterocycles. The number of fused-ring (bicyclic) bond motifs is 9. The lowest BCUT2D eigenvalue weighted by Crippen LogP contribution is -2.16. The average Bonchev–Trinajstić information content (AvgIpc) is 3.25. The Balaban J connectivity index is 1.67. The van der Waals surface area contributed by atoms with Crippen molar-refractivity contribution in [3.63, 3.8) is 0 Å². The summed E-state index contributed by atoms with van der Waals surface area (Å²) in [5.41, 5.74) is 2.21. The summed E-state index contributed by atoms with van der Waals surface area (Å²) in [6.45, 7) is 0. The Bertz CT molecular complexity index is 1890. The molecule has 0 amide bonds. The van der Waals surface area contributed by atoms with E-state index >= 15 is 0 Å². The minimum atomic E-state index is -0.125. The molecule has 34 heavy (non-hydrogen) atoms. The standard InChI is InChI=1S/C30H15BrO2S/c31-19-10-6-17-8-12-24-27(21(17)14-19)29-25(34-24)13-9-18-7-11-20-23(32)15-22(16-4-2-1-3-5-16)30(33)28(20)26(18)29/h1-15H. The van der Waals surface area contributed by atoms with Gasteiger partial charge in [-0.05, 0) is 58.1 Å². The van der Waals surface area contributed by atoms with Gasteiger partial charge in [0.2, 0.25) is 0 Å². The van der Waals surface area contributed by atoms with Crippen molar-refractivity contribution >= 4 is 86.1 Å². The quantitative estimate of drug-likeness (QED) is 0.218. The molecule has 1 aliphatic carbocycles. The Morgan fingerprint density at radius 3 is 2.21 bits per heavy atom. The molecule has 7 rings (SSSR count). The van der Waals surface area contributed by atoms with Crippen molar-refractivity contribution in [3.8, 4) is 0 Å². The van der Waals surface area contributed by atoms with Gasteiger partial charge in [-0.2, -0.15) is 0 Å². The van der Waals surface area contributed by atoms with Crippen LogP contribution < -0.4 is 0 Å². The molecule has 0 atom stereocenters. The topological polar surface area (TPSA) is 34.1 Å². The molecule has 0 saturated heterocycles. The molecule has 0 unspecified atom stereocenters. The first-order valence-corrected chi connectivity index (χ1v) is 12.6. The number of carbonyl (C=O) groups excluding carboxylic acids is 2. The third-order valence-corrected chi connectivity index (χ3v) is 8.27. The maximum absolute atomic E-state index is 14.0. The lowest BCUT2D eigenvalue weighted by atomic mass is 9.82. The summed E-state index contributed by atoms with van der Waals surface area (Å²) < 4.78 is 3.29. The third-order valence-electron chi connectivity index (χ3n) is 6.66. The van der Waals surface area contributed by atoms with Gasteiger partial charge < -0.3 is 0 Å². The van der Waals surface area contributed by atoms with Gasteiger partial charge in [-0.15, -0.1) is 11.3 Å². The van der Waals surface area contributed by atoms with E-state index in [0.29, 0.717) is 16.7 Å². The lowest BCUT2D eigenvalue weighted by molar-refractivity contribution is 0.100. The minimum absolute atomic E-state index is 0.0975. The summed E-state index contributed by atoms with van der Waals surface area (Å²) in [4.78, 5) is 27.2. The Labute approximate surface area is 207 Å². The van der Waals surface area contributed by atoms with Gasteiger partial charge in [0.25, 0.3) is 0 Å². The second kappa shape index (κ2) is 7.20. The summed E-state index contributed by atoms with van der Waals surface area (Å²) in [6, 6.07) is 28.0. The molecule has 6 aromatic rings. The number of ketones is 2. The van der Waals surface area contributed by atoms with E-state index in [0.717, 1.165) is 47.1 Å². The van der Waals surface area contributed by atoms with Gasteiger partial charge in [0.15, 0.2) is 11.6 Å². The number of Topliss-reactive ketones (excluding diaryl/α,β-unsaturated/α-hetero) is 1. The van der Waals surface area contributed by atoms with Crippen LogP contribution in [0.2, 0.25) is 0 Å². The smallest absolute Gasteiger partial charge is 0.195 e. The molecule has 0 radical (unpaired) electrons. The second-order valence-corrected chi connectivity index (χ2v) is 10.5. The predicted octanol–water partition coefficient (Wildman–Crippen LogP) is 8.59. The van der Waals surface area contributed by atoms with Crippen molar-refractivity contribution in [2.24, 2.45) is 0 Å². The minimum Gasteiger partial charge on any atom is -0.289 e. The number of allylic oxidation sites excluding steroid dienone is 2. The van der Waals surface area contributed by atoms with Crippen LogP contribution in [0, 0.1) is 0 Å². The summed E-state index contributed by atoms with van der Waals surface area (Å²) >= 11 is 5.35. The van der Waals surface area contributed by atoms with Crippen molar-refractivity contribution in [1.29, 1.82) is 0 Å². The van der Waals surface area contributed by atoms with Crippen LogP contribution in [0.5, 0.6) is 0 Å². The largest absolute Gasteiger partial charge is 0.289 e. The van der Waals surface area contributed by atoms with Crippen LogP contribution >= 0.6 is 27.3 Å². The summed E-state index contributed by atoms with van der Waals surface area (Å²) in [6.07, 6.45) is 1.49. The number of benzene rings is 5. The molecule has 2 nitrogen and oxygen atoms in total. The van der Waals surface area contributed by atoms with Crippen LogP contribution in [0.1, 0.15) is 26.3 Å². The maximum Gasteiger partial charge on any atom is 0.195 e. The molecule has 0 bridgehead atoms. The van der Waals surface area contributed by atoms with Gasteiger partial charge in [0.05, 0.1) is 0 Å². The fraction of sp³-hybridized carbons (Fsp3) is 0. The Morgan fingerprint density at radius 2 is 1.38 bits per heavy atom. The van der Waals surface area contributed by atoms with Crippen LogP contribution in [0.15, 0.2) is 95.5 Å². The van der Waals surface area contributed by atoms with Crippen LogP contribution in [-0.4, -0.2) is 11.6 Å². The molecule has 5 aromatic carbocycles. The molecule has 0 N–H and O–H groups in total. The SMILES string of the molecule is O=C1C=C(c2ccccc2)C(=O)c2c1ccc1ccc3sc4ccc5ccc(Br)cc5c4c3c21. The van der Waals surface area contributed by atoms with Gasteiger partial charge in [-0.3, -0.25) is 9.59 Å². The van der Waals surface area contributed by atoms with E-state index in [2.05, 4.69) is 52.3 Å². The van der Waals surface area contributed by atoms with E-state index in [9.17, 15) is 9.59 Å². The molecule has 1 aromatic heterocycles. The van der Waals surface area contributed by atoms with Gasteiger partial charge in [0, 0.05) is 46.7 Å². The van der Waals surface area contributed by atoms with Crippen molar-refractivity contribution < 1.29 is 9.59 Å². The lowest BCUT2D eigenvalue weighted by Gasteiger charge is -2.18. The highest BCUT2D eigenvalue weighted by Crippen LogP contribution is 2.45. The fourth-order valence-electron chi connectivity index (χ4n) is 5.15. The van der Waals surface area contributed by atoms with Crippen LogP contribution in [0.25, 0.3) is 47.3 Å². The zero-order valence-corrected chi connectivity index (χ0v) is 20.2. The van der Waals surface area contributed by atoms with Crippen molar-refractivity contribution in [2.75, 3.05) is 0 Å². The Hall–Kier alpha value is -3.60.